The van der Waals surface area contributed by atoms with E-state index in [0.29, 0.717) is 0 Å². The topological polar surface area (TPSA) is 9.34 Å². The van der Waals surface area contributed by atoms with Crippen LogP contribution in [-0.2, 0) is 0 Å². The van der Waals surface area contributed by atoms with Crippen LogP contribution in [0.3, 0.4) is 0 Å². The third-order valence-electron chi connectivity index (χ3n) is 9.97. The first kappa shape index (κ1) is 22.7. The largest absolute Gasteiger partial charge is 0.308 e. The van der Waals surface area contributed by atoms with Crippen molar-refractivity contribution in [3.05, 3.63) is 146 Å². The van der Waals surface area contributed by atoms with Gasteiger partial charge in [0.25, 0.3) is 0 Å². The van der Waals surface area contributed by atoms with Crippen molar-refractivity contribution in [2.24, 2.45) is 0 Å². The smallest absolute Gasteiger partial charge is 0.0647 e. The molecule has 0 aliphatic rings. The first-order chi connectivity index (χ1) is 21.9. The molecule has 0 fully saturated rings. The maximum Gasteiger partial charge on any atom is 0.0647 e. The molecule has 0 radical (unpaired) electrons. The second kappa shape index (κ2) is 7.94. The van der Waals surface area contributed by atoms with Crippen molar-refractivity contribution in [3.8, 4) is 5.69 Å². The Balaban J connectivity index is 1.42. The summed E-state index contributed by atoms with van der Waals surface area (Å²) in [5, 5.41) is 15.5. The van der Waals surface area contributed by atoms with Crippen molar-refractivity contribution in [1.82, 2.24) is 8.97 Å². The summed E-state index contributed by atoms with van der Waals surface area (Å²) in [6.07, 6.45) is 0. The van der Waals surface area contributed by atoms with Gasteiger partial charge in [-0.1, -0.05) is 121 Å². The van der Waals surface area contributed by atoms with Crippen molar-refractivity contribution in [2.75, 3.05) is 0 Å². The Labute approximate surface area is 251 Å². The lowest BCUT2D eigenvalue weighted by molar-refractivity contribution is 1.19. The van der Waals surface area contributed by atoms with E-state index in [2.05, 4.69) is 155 Å². The fourth-order valence-electron chi connectivity index (χ4n) is 8.25. The number of nitrogens with zero attached hydrogens (tertiary/aromatic N) is 2. The maximum atomic E-state index is 2.53. The van der Waals surface area contributed by atoms with E-state index in [9.17, 15) is 0 Å². The highest BCUT2D eigenvalue weighted by Crippen LogP contribution is 2.48. The third kappa shape index (κ3) is 2.63. The van der Waals surface area contributed by atoms with Crippen LogP contribution in [-0.4, -0.2) is 8.97 Å². The van der Waals surface area contributed by atoms with Gasteiger partial charge in [0.1, 0.15) is 0 Å². The van der Waals surface area contributed by atoms with Crippen molar-refractivity contribution in [2.45, 2.75) is 0 Å². The molecular formula is C42H24N2. The molecule has 2 nitrogen and oxygen atoms in total. The van der Waals surface area contributed by atoms with Crippen LogP contribution < -0.4 is 0 Å². The molecular weight excluding hydrogens is 532 g/mol. The molecule has 0 saturated heterocycles. The molecule has 0 atom stereocenters. The van der Waals surface area contributed by atoms with Gasteiger partial charge in [0.2, 0.25) is 0 Å². The molecule has 0 N–H and O–H groups in total. The van der Waals surface area contributed by atoms with Gasteiger partial charge in [0.15, 0.2) is 0 Å². The lowest BCUT2D eigenvalue weighted by atomic mass is 9.98. The number of aromatic nitrogens is 2. The summed E-state index contributed by atoms with van der Waals surface area (Å²) in [7, 11) is 0. The summed E-state index contributed by atoms with van der Waals surface area (Å²) in [6.45, 7) is 0. The molecule has 11 rings (SSSR count). The molecule has 44 heavy (non-hydrogen) atoms. The van der Waals surface area contributed by atoms with E-state index < -0.39 is 0 Å². The Bertz CT molecular complexity index is 2990. The van der Waals surface area contributed by atoms with Crippen LogP contribution in [0.15, 0.2) is 146 Å². The summed E-state index contributed by atoms with van der Waals surface area (Å²) >= 11 is 0. The van der Waals surface area contributed by atoms with Gasteiger partial charge in [-0.2, -0.15) is 0 Å². The first-order valence-electron chi connectivity index (χ1n) is 15.3. The van der Waals surface area contributed by atoms with E-state index in [1.54, 1.807) is 0 Å². The highest BCUT2D eigenvalue weighted by molar-refractivity contribution is 6.39. The number of para-hydroxylation sites is 3. The van der Waals surface area contributed by atoms with Crippen molar-refractivity contribution in [3.63, 3.8) is 0 Å². The quantitative estimate of drug-likeness (QED) is 0.178. The van der Waals surface area contributed by atoms with Gasteiger partial charge in [0, 0.05) is 43.4 Å². The summed E-state index contributed by atoms with van der Waals surface area (Å²) in [5.41, 5.74) is 7.55. The average Bonchev–Trinajstić information content (AvgIpc) is 3.73. The molecule has 0 amide bonds. The summed E-state index contributed by atoms with van der Waals surface area (Å²) in [4.78, 5) is 0. The summed E-state index contributed by atoms with van der Waals surface area (Å²) < 4.78 is 5.06. The highest BCUT2D eigenvalue weighted by Gasteiger charge is 2.25. The van der Waals surface area contributed by atoms with Gasteiger partial charge in [-0.05, 0) is 51.2 Å². The first-order valence-corrected chi connectivity index (χ1v) is 15.3. The molecule has 0 bridgehead atoms. The normalized spacial score (nSPS) is 12.5. The van der Waals surface area contributed by atoms with E-state index in [4.69, 9.17) is 0 Å². The molecule has 8 aromatic carbocycles. The maximum absolute atomic E-state index is 2.53. The highest BCUT2D eigenvalue weighted by atomic mass is 15.0. The molecule has 0 aliphatic carbocycles. The molecule has 11 aromatic rings. The zero-order valence-corrected chi connectivity index (χ0v) is 23.8. The predicted molar refractivity (Wildman–Crippen MR) is 188 cm³/mol. The number of rotatable bonds is 1. The van der Waals surface area contributed by atoms with E-state index in [1.165, 1.54) is 97.9 Å². The number of hydrogen-bond donors (Lipinski definition) is 0. The Morgan fingerprint density at radius 1 is 0.318 bits per heavy atom. The SMILES string of the molecule is c1ccc2c(c1)ccc1cc(-n3c4ccccc4c4c5ccccc5c5c(c6cccc7c8ccccc8n5c76)c43)ccc12. The van der Waals surface area contributed by atoms with Crippen LogP contribution in [0.25, 0.3) is 97.9 Å². The zero-order chi connectivity index (χ0) is 28.5. The summed E-state index contributed by atoms with van der Waals surface area (Å²) in [6, 6.07) is 53.8. The monoisotopic (exact) mass is 556 g/mol. The van der Waals surface area contributed by atoms with Crippen molar-refractivity contribution < 1.29 is 0 Å². The van der Waals surface area contributed by atoms with Crippen LogP contribution in [0.2, 0.25) is 0 Å². The van der Waals surface area contributed by atoms with Gasteiger partial charge < -0.3 is 8.97 Å². The minimum atomic E-state index is 1.19. The molecule has 202 valence electrons. The Morgan fingerprint density at radius 2 is 0.932 bits per heavy atom. The van der Waals surface area contributed by atoms with Gasteiger partial charge >= 0.3 is 0 Å². The minimum Gasteiger partial charge on any atom is -0.308 e. The van der Waals surface area contributed by atoms with Crippen LogP contribution in [0, 0.1) is 0 Å². The molecule has 2 heteroatoms. The molecule has 3 heterocycles. The fraction of sp³-hybridized carbons (Fsp3) is 0. The van der Waals surface area contributed by atoms with Gasteiger partial charge in [-0.25, -0.2) is 0 Å². The van der Waals surface area contributed by atoms with Gasteiger partial charge in [0.05, 0.1) is 27.6 Å². The van der Waals surface area contributed by atoms with Crippen LogP contribution in [0.4, 0.5) is 0 Å². The molecule has 0 spiro atoms. The second-order valence-corrected chi connectivity index (χ2v) is 12.1. The van der Waals surface area contributed by atoms with Crippen LogP contribution >= 0.6 is 0 Å². The summed E-state index contributed by atoms with van der Waals surface area (Å²) in [5.74, 6) is 0. The van der Waals surface area contributed by atoms with Gasteiger partial charge in [-0.3, -0.25) is 0 Å². The van der Waals surface area contributed by atoms with Crippen LogP contribution in [0.5, 0.6) is 0 Å². The Kier molecular flexibility index (Phi) is 4.10. The fourth-order valence-corrected chi connectivity index (χ4v) is 8.25. The third-order valence-corrected chi connectivity index (χ3v) is 9.97. The lowest BCUT2D eigenvalue weighted by Gasteiger charge is -2.13. The van der Waals surface area contributed by atoms with E-state index >= 15 is 0 Å². The molecule has 3 aromatic heterocycles. The van der Waals surface area contributed by atoms with Crippen molar-refractivity contribution in [1.29, 1.82) is 0 Å². The number of hydrogen-bond acceptors (Lipinski definition) is 0. The second-order valence-electron chi connectivity index (χ2n) is 12.1. The van der Waals surface area contributed by atoms with Crippen molar-refractivity contribution >= 4 is 92.2 Å². The van der Waals surface area contributed by atoms with E-state index in [1.807, 2.05) is 0 Å². The van der Waals surface area contributed by atoms with Gasteiger partial charge in [-0.15, -0.1) is 0 Å². The number of fused-ring (bicyclic) bond motifs is 16. The molecule has 0 unspecified atom stereocenters. The van der Waals surface area contributed by atoms with E-state index in [0.717, 1.165) is 0 Å². The Morgan fingerprint density at radius 3 is 1.82 bits per heavy atom. The molecule has 0 aliphatic heterocycles. The predicted octanol–water partition coefficient (Wildman–Crippen LogP) is 11.4. The Hall–Kier alpha value is -5.86. The zero-order valence-electron chi connectivity index (χ0n) is 23.8. The lowest BCUT2D eigenvalue weighted by Crippen LogP contribution is -1.95. The molecule has 0 saturated carbocycles. The number of benzene rings is 8. The average molecular weight is 557 g/mol. The van der Waals surface area contributed by atoms with E-state index in [-0.39, 0.29) is 0 Å². The van der Waals surface area contributed by atoms with Crippen LogP contribution in [0.1, 0.15) is 0 Å². The standard InChI is InChI=1S/C42H24N2/c1-2-11-28-25(10-1)20-21-26-24-27(22-23-29(26)28)43-37-19-8-6-15-34(37)38-31-13-3-4-14-33(31)41-39(42(38)43)35-17-9-16-32-30-12-5-7-18-36(30)44(41)40(32)35/h1-24H. The minimum absolute atomic E-state index is 1.19.